The highest BCUT2D eigenvalue weighted by atomic mass is 35.5. The summed E-state index contributed by atoms with van der Waals surface area (Å²) in [7, 11) is 0. The normalized spacial score (nSPS) is 10.8. The maximum atomic E-state index is 12.6. The lowest BCUT2D eigenvalue weighted by Crippen LogP contribution is -2.12. The predicted octanol–water partition coefficient (Wildman–Crippen LogP) is 6.71. The second-order valence-corrected chi connectivity index (χ2v) is 6.47. The fourth-order valence-corrected chi connectivity index (χ4v) is 3.11. The van der Waals surface area contributed by atoms with Crippen LogP contribution in [0.3, 0.4) is 0 Å². The molecule has 0 aliphatic heterocycles. The van der Waals surface area contributed by atoms with Gasteiger partial charge in [-0.15, -0.1) is 0 Å². The monoisotopic (exact) mass is 383 g/mol. The molecule has 0 atom stereocenters. The molecule has 0 fully saturated rings. The number of carbonyl (C=O) groups excluding carboxylic acids is 1. The smallest absolute Gasteiger partial charge is 0.256 e. The van der Waals surface area contributed by atoms with Gasteiger partial charge in [-0.1, -0.05) is 70.7 Å². The molecule has 3 rings (SSSR count). The van der Waals surface area contributed by atoms with Crippen LogP contribution in [0.4, 0.5) is 5.69 Å². The van der Waals surface area contributed by atoms with Crippen molar-refractivity contribution in [2.75, 3.05) is 5.32 Å². The third-order valence-corrected chi connectivity index (χ3v) is 4.74. The Morgan fingerprint density at radius 1 is 0.739 bits per heavy atom. The predicted molar refractivity (Wildman–Crippen MR) is 98.4 cm³/mol. The lowest BCUT2D eigenvalue weighted by molar-refractivity contribution is 0.102. The Bertz CT molecular complexity index is 924. The summed E-state index contributed by atoms with van der Waals surface area (Å²) in [5, 5.41) is 5.85. The van der Waals surface area contributed by atoms with E-state index < -0.39 is 0 Å². The first-order chi connectivity index (χ1) is 11.0. The van der Waals surface area contributed by atoms with E-state index in [-0.39, 0.29) is 5.91 Å². The Labute approximate surface area is 152 Å². The van der Waals surface area contributed by atoms with Gasteiger partial charge in [0, 0.05) is 16.0 Å². The van der Waals surface area contributed by atoms with Crippen LogP contribution in [-0.2, 0) is 0 Å². The van der Waals surface area contributed by atoms with E-state index in [9.17, 15) is 4.79 Å². The first kappa shape index (κ1) is 16.4. The van der Waals surface area contributed by atoms with Gasteiger partial charge in [-0.05, 0) is 29.7 Å². The molecule has 1 amide bonds. The Morgan fingerprint density at radius 3 is 2.17 bits per heavy atom. The minimum absolute atomic E-state index is 0.307. The summed E-state index contributed by atoms with van der Waals surface area (Å²) in [6, 6.07) is 13.8. The van der Waals surface area contributed by atoms with E-state index in [0.717, 1.165) is 10.8 Å². The number of halogens is 4. The van der Waals surface area contributed by atoms with Crippen LogP contribution in [0.1, 0.15) is 10.4 Å². The van der Waals surface area contributed by atoms with Gasteiger partial charge >= 0.3 is 0 Å². The number of hydrogen-bond donors (Lipinski definition) is 1. The van der Waals surface area contributed by atoms with E-state index in [1.54, 1.807) is 24.3 Å². The van der Waals surface area contributed by atoms with E-state index in [1.165, 1.54) is 12.1 Å². The molecule has 0 saturated heterocycles. The van der Waals surface area contributed by atoms with Crippen molar-refractivity contribution >= 4 is 68.8 Å². The number of rotatable bonds is 2. The van der Waals surface area contributed by atoms with Gasteiger partial charge in [0.15, 0.2) is 0 Å². The van der Waals surface area contributed by atoms with Crippen LogP contribution in [0.5, 0.6) is 0 Å². The van der Waals surface area contributed by atoms with Crippen molar-refractivity contribution in [3.63, 3.8) is 0 Å². The molecule has 0 heterocycles. The molecule has 3 aromatic rings. The highest BCUT2D eigenvalue weighted by Gasteiger charge is 2.14. The Balaban J connectivity index is 2.02. The Morgan fingerprint density at radius 2 is 1.39 bits per heavy atom. The third-order valence-electron chi connectivity index (χ3n) is 3.37. The molecule has 0 bridgehead atoms. The van der Waals surface area contributed by atoms with Crippen LogP contribution in [0.15, 0.2) is 48.5 Å². The maximum Gasteiger partial charge on any atom is 0.256 e. The SMILES string of the molecule is O=C(Nc1cc(Cl)c(Cl)cc1Cl)c1cccc2c(Cl)cccc12. The second-order valence-electron chi connectivity index (χ2n) is 4.84. The molecular formula is C17H9Cl4NO. The average Bonchev–Trinajstić information content (AvgIpc) is 2.52. The van der Waals surface area contributed by atoms with Crippen molar-refractivity contribution in [2.45, 2.75) is 0 Å². The van der Waals surface area contributed by atoms with Crippen molar-refractivity contribution in [3.05, 3.63) is 74.2 Å². The number of fused-ring (bicyclic) bond motifs is 1. The Hall–Kier alpha value is -1.45. The van der Waals surface area contributed by atoms with Crippen molar-refractivity contribution in [3.8, 4) is 0 Å². The van der Waals surface area contributed by atoms with Gasteiger partial charge in [-0.3, -0.25) is 4.79 Å². The van der Waals surface area contributed by atoms with Crippen LogP contribution < -0.4 is 5.32 Å². The largest absolute Gasteiger partial charge is 0.321 e. The summed E-state index contributed by atoms with van der Waals surface area (Å²) < 4.78 is 0. The molecule has 2 nitrogen and oxygen atoms in total. The first-order valence-electron chi connectivity index (χ1n) is 6.60. The summed E-state index contributed by atoms with van der Waals surface area (Å²) in [5.41, 5.74) is 0.886. The van der Waals surface area contributed by atoms with Crippen LogP contribution in [0.25, 0.3) is 10.8 Å². The van der Waals surface area contributed by atoms with Crippen LogP contribution in [-0.4, -0.2) is 5.91 Å². The van der Waals surface area contributed by atoms with E-state index in [4.69, 9.17) is 46.4 Å². The molecule has 0 aromatic heterocycles. The van der Waals surface area contributed by atoms with Gasteiger partial charge in [0.1, 0.15) is 0 Å². The summed E-state index contributed by atoms with van der Waals surface area (Å²) in [6.07, 6.45) is 0. The van der Waals surface area contributed by atoms with Crippen molar-refractivity contribution in [1.29, 1.82) is 0 Å². The molecule has 0 radical (unpaired) electrons. The van der Waals surface area contributed by atoms with E-state index >= 15 is 0 Å². The molecule has 0 unspecified atom stereocenters. The van der Waals surface area contributed by atoms with E-state index in [2.05, 4.69) is 5.32 Å². The molecule has 3 aromatic carbocycles. The van der Waals surface area contributed by atoms with Crippen LogP contribution in [0.2, 0.25) is 20.1 Å². The number of nitrogens with one attached hydrogen (secondary N) is 1. The maximum absolute atomic E-state index is 12.6. The van der Waals surface area contributed by atoms with E-state index in [0.29, 0.717) is 31.3 Å². The minimum atomic E-state index is -0.307. The van der Waals surface area contributed by atoms with Crippen molar-refractivity contribution in [2.24, 2.45) is 0 Å². The minimum Gasteiger partial charge on any atom is -0.321 e. The van der Waals surface area contributed by atoms with Gasteiger partial charge in [0.2, 0.25) is 0 Å². The fraction of sp³-hybridized carbons (Fsp3) is 0. The first-order valence-corrected chi connectivity index (χ1v) is 8.11. The average molecular weight is 385 g/mol. The zero-order valence-electron chi connectivity index (χ0n) is 11.5. The molecule has 0 spiro atoms. The molecule has 1 N–H and O–H groups in total. The zero-order chi connectivity index (χ0) is 16.6. The topological polar surface area (TPSA) is 29.1 Å². The molecule has 0 saturated carbocycles. The van der Waals surface area contributed by atoms with Crippen molar-refractivity contribution < 1.29 is 4.79 Å². The summed E-state index contributed by atoms with van der Waals surface area (Å²) in [6.45, 7) is 0. The van der Waals surface area contributed by atoms with Gasteiger partial charge in [-0.2, -0.15) is 0 Å². The quantitative estimate of drug-likeness (QED) is 0.489. The standard InChI is InChI=1S/C17H9Cl4NO/c18-12-6-2-3-9-10(12)4-1-5-11(9)17(23)22-16-8-14(20)13(19)7-15(16)21/h1-8H,(H,22,23). The van der Waals surface area contributed by atoms with Gasteiger partial charge in [0.25, 0.3) is 5.91 Å². The van der Waals surface area contributed by atoms with Gasteiger partial charge in [0.05, 0.1) is 20.8 Å². The summed E-state index contributed by atoms with van der Waals surface area (Å²) in [4.78, 5) is 12.6. The number of amides is 1. The summed E-state index contributed by atoms with van der Waals surface area (Å²) in [5.74, 6) is -0.307. The van der Waals surface area contributed by atoms with E-state index in [1.807, 2.05) is 12.1 Å². The number of carbonyl (C=O) groups is 1. The molecule has 116 valence electrons. The number of hydrogen-bond acceptors (Lipinski definition) is 1. The Kier molecular flexibility index (Phi) is 4.69. The van der Waals surface area contributed by atoms with Gasteiger partial charge in [-0.25, -0.2) is 0 Å². The van der Waals surface area contributed by atoms with Crippen LogP contribution >= 0.6 is 46.4 Å². The lowest BCUT2D eigenvalue weighted by atomic mass is 10.0. The zero-order valence-corrected chi connectivity index (χ0v) is 14.6. The summed E-state index contributed by atoms with van der Waals surface area (Å²) >= 11 is 24.1. The number of anilines is 1. The molecule has 6 heteroatoms. The highest BCUT2D eigenvalue weighted by Crippen LogP contribution is 2.33. The molecule has 23 heavy (non-hydrogen) atoms. The number of benzene rings is 3. The molecular weight excluding hydrogens is 376 g/mol. The lowest BCUT2D eigenvalue weighted by Gasteiger charge is -2.11. The van der Waals surface area contributed by atoms with Gasteiger partial charge < -0.3 is 5.32 Å². The molecule has 0 aliphatic rings. The van der Waals surface area contributed by atoms with Crippen LogP contribution in [0, 0.1) is 0 Å². The fourth-order valence-electron chi connectivity index (χ4n) is 2.28. The molecule has 0 aliphatic carbocycles. The second kappa shape index (κ2) is 6.58. The third kappa shape index (κ3) is 3.26. The highest BCUT2D eigenvalue weighted by molar-refractivity contribution is 6.44. The van der Waals surface area contributed by atoms with Crippen molar-refractivity contribution in [1.82, 2.24) is 0 Å².